The van der Waals surface area contributed by atoms with E-state index in [-0.39, 0.29) is 17.9 Å². The Bertz CT molecular complexity index is 569. The number of hydrogen-bond acceptors (Lipinski definition) is 2. The van der Waals surface area contributed by atoms with Crippen LogP contribution < -0.4 is 5.32 Å². The molecule has 92 valence electrons. The van der Waals surface area contributed by atoms with Gasteiger partial charge in [-0.1, -0.05) is 30.3 Å². The zero-order valence-corrected chi connectivity index (χ0v) is 9.56. The Labute approximate surface area is 104 Å². The third-order valence-corrected chi connectivity index (χ3v) is 2.58. The molecule has 3 nitrogen and oxygen atoms in total. The van der Waals surface area contributed by atoms with Crippen LogP contribution in [0.15, 0.2) is 48.5 Å². The van der Waals surface area contributed by atoms with Crippen LogP contribution >= 0.6 is 0 Å². The van der Waals surface area contributed by atoms with Crippen LogP contribution in [0.3, 0.4) is 0 Å². The van der Waals surface area contributed by atoms with E-state index in [0.717, 1.165) is 0 Å². The quantitative estimate of drug-likeness (QED) is 0.870. The van der Waals surface area contributed by atoms with Crippen molar-refractivity contribution in [1.29, 1.82) is 0 Å². The van der Waals surface area contributed by atoms with Gasteiger partial charge >= 0.3 is 5.97 Å². The zero-order chi connectivity index (χ0) is 13.0. The minimum absolute atomic E-state index is 0.175. The summed E-state index contributed by atoms with van der Waals surface area (Å²) in [6, 6.07) is 12.9. The van der Waals surface area contributed by atoms with Crippen LogP contribution in [-0.2, 0) is 6.54 Å². The Balaban J connectivity index is 2.16. The maximum atomic E-state index is 13.4. The highest BCUT2D eigenvalue weighted by atomic mass is 19.1. The molecule has 0 bridgehead atoms. The van der Waals surface area contributed by atoms with Crippen LogP contribution in [0.2, 0.25) is 0 Å². The van der Waals surface area contributed by atoms with Crippen molar-refractivity contribution in [3.63, 3.8) is 0 Å². The number of carbonyl (C=O) groups is 1. The molecule has 2 N–H and O–H groups in total. The van der Waals surface area contributed by atoms with Crippen molar-refractivity contribution < 1.29 is 14.3 Å². The van der Waals surface area contributed by atoms with Crippen molar-refractivity contribution in [2.75, 3.05) is 5.32 Å². The fraction of sp³-hybridized carbons (Fsp3) is 0.0714. The molecular formula is C14H12FNO2. The second-order valence-electron chi connectivity index (χ2n) is 3.80. The average molecular weight is 245 g/mol. The molecule has 0 aliphatic carbocycles. The Hall–Kier alpha value is -2.36. The van der Waals surface area contributed by atoms with Gasteiger partial charge in [0, 0.05) is 17.8 Å². The predicted molar refractivity (Wildman–Crippen MR) is 67.1 cm³/mol. The van der Waals surface area contributed by atoms with Gasteiger partial charge in [0.05, 0.1) is 5.56 Å². The third kappa shape index (κ3) is 2.66. The van der Waals surface area contributed by atoms with Crippen LogP contribution in [-0.4, -0.2) is 11.1 Å². The maximum absolute atomic E-state index is 13.4. The lowest BCUT2D eigenvalue weighted by Crippen LogP contribution is -2.07. The van der Waals surface area contributed by atoms with Crippen molar-refractivity contribution in [3.05, 3.63) is 65.5 Å². The van der Waals surface area contributed by atoms with E-state index in [4.69, 9.17) is 5.11 Å². The molecule has 4 heteroatoms. The van der Waals surface area contributed by atoms with E-state index in [2.05, 4.69) is 5.32 Å². The van der Waals surface area contributed by atoms with Gasteiger partial charge in [0.1, 0.15) is 5.82 Å². The van der Waals surface area contributed by atoms with Gasteiger partial charge in [0.15, 0.2) is 0 Å². The second kappa shape index (κ2) is 5.31. The van der Waals surface area contributed by atoms with Gasteiger partial charge in [0.2, 0.25) is 0 Å². The Kier molecular flexibility index (Phi) is 3.57. The lowest BCUT2D eigenvalue weighted by Gasteiger charge is -2.09. The standard InChI is InChI=1S/C14H12FNO2/c15-12-7-3-1-5-10(12)9-16-13-8-4-2-6-11(13)14(17)18/h1-8,16H,9H2,(H,17,18). The first-order valence-electron chi connectivity index (χ1n) is 5.48. The van der Waals surface area contributed by atoms with Crippen molar-refractivity contribution >= 4 is 11.7 Å². The van der Waals surface area contributed by atoms with E-state index in [0.29, 0.717) is 11.3 Å². The smallest absolute Gasteiger partial charge is 0.337 e. The minimum atomic E-state index is -1.01. The molecule has 0 unspecified atom stereocenters. The van der Waals surface area contributed by atoms with Gasteiger partial charge in [-0.3, -0.25) is 0 Å². The van der Waals surface area contributed by atoms with Gasteiger partial charge in [-0.15, -0.1) is 0 Å². The normalized spacial score (nSPS) is 10.1. The molecule has 0 atom stereocenters. The van der Waals surface area contributed by atoms with Crippen LogP contribution in [0.25, 0.3) is 0 Å². The van der Waals surface area contributed by atoms with E-state index in [1.165, 1.54) is 12.1 Å². The minimum Gasteiger partial charge on any atom is -0.478 e. The number of halogens is 1. The molecule has 0 heterocycles. The van der Waals surface area contributed by atoms with E-state index in [1.807, 2.05) is 0 Å². The van der Waals surface area contributed by atoms with E-state index >= 15 is 0 Å². The zero-order valence-electron chi connectivity index (χ0n) is 9.56. The number of benzene rings is 2. The van der Waals surface area contributed by atoms with Gasteiger partial charge < -0.3 is 10.4 Å². The summed E-state index contributed by atoms with van der Waals surface area (Å²) in [5, 5.41) is 11.9. The summed E-state index contributed by atoms with van der Waals surface area (Å²) in [4.78, 5) is 11.0. The fourth-order valence-electron chi connectivity index (χ4n) is 1.66. The number of para-hydroxylation sites is 1. The molecule has 0 aliphatic rings. The van der Waals surface area contributed by atoms with Crippen molar-refractivity contribution in [2.45, 2.75) is 6.54 Å². The summed E-state index contributed by atoms with van der Waals surface area (Å²) in [6.07, 6.45) is 0. The molecule has 18 heavy (non-hydrogen) atoms. The van der Waals surface area contributed by atoms with Crippen molar-refractivity contribution in [3.8, 4) is 0 Å². The van der Waals surface area contributed by atoms with Gasteiger partial charge in [-0.05, 0) is 18.2 Å². The van der Waals surface area contributed by atoms with E-state index in [1.54, 1.807) is 36.4 Å². The summed E-state index contributed by atoms with van der Waals surface area (Å²) in [7, 11) is 0. The van der Waals surface area contributed by atoms with Gasteiger partial charge in [-0.2, -0.15) is 0 Å². The first kappa shape index (κ1) is 12.1. The number of carboxylic acids is 1. The average Bonchev–Trinajstić information content (AvgIpc) is 2.38. The SMILES string of the molecule is O=C(O)c1ccccc1NCc1ccccc1F. The molecule has 2 rings (SSSR count). The number of anilines is 1. The largest absolute Gasteiger partial charge is 0.478 e. The summed E-state index contributed by atoms with van der Waals surface area (Å²) < 4.78 is 13.4. The topological polar surface area (TPSA) is 49.3 Å². The van der Waals surface area contributed by atoms with E-state index < -0.39 is 5.97 Å². The monoisotopic (exact) mass is 245 g/mol. The summed E-state index contributed by atoms with van der Waals surface area (Å²) in [6.45, 7) is 0.247. The third-order valence-electron chi connectivity index (χ3n) is 2.58. The molecule has 0 saturated carbocycles. The Morgan fingerprint density at radius 1 is 1.11 bits per heavy atom. The van der Waals surface area contributed by atoms with Gasteiger partial charge in [0.25, 0.3) is 0 Å². The first-order chi connectivity index (χ1) is 8.68. The fourth-order valence-corrected chi connectivity index (χ4v) is 1.66. The van der Waals surface area contributed by atoms with Gasteiger partial charge in [-0.25, -0.2) is 9.18 Å². The summed E-state index contributed by atoms with van der Waals surface area (Å²) in [5.41, 5.74) is 1.15. The predicted octanol–water partition coefficient (Wildman–Crippen LogP) is 3.14. The number of nitrogens with one attached hydrogen (secondary N) is 1. The summed E-state index contributed by atoms with van der Waals surface area (Å²) in [5.74, 6) is -1.32. The number of rotatable bonds is 4. The second-order valence-corrected chi connectivity index (χ2v) is 3.80. The molecular weight excluding hydrogens is 233 g/mol. The molecule has 0 aliphatic heterocycles. The molecule has 0 aromatic heterocycles. The van der Waals surface area contributed by atoms with Crippen LogP contribution in [0.1, 0.15) is 15.9 Å². The summed E-state index contributed by atoms with van der Waals surface area (Å²) >= 11 is 0. The lowest BCUT2D eigenvalue weighted by molar-refractivity contribution is 0.0698. The Morgan fingerprint density at radius 2 is 1.78 bits per heavy atom. The molecule has 2 aromatic rings. The molecule has 0 fully saturated rings. The highest BCUT2D eigenvalue weighted by Gasteiger charge is 2.09. The van der Waals surface area contributed by atoms with Crippen LogP contribution in [0, 0.1) is 5.82 Å². The van der Waals surface area contributed by atoms with Crippen LogP contribution in [0.4, 0.5) is 10.1 Å². The molecule has 0 spiro atoms. The van der Waals surface area contributed by atoms with E-state index in [9.17, 15) is 9.18 Å². The molecule has 0 radical (unpaired) electrons. The molecule has 0 saturated heterocycles. The molecule has 0 amide bonds. The molecule has 2 aromatic carbocycles. The number of hydrogen-bond donors (Lipinski definition) is 2. The highest BCUT2D eigenvalue weighted by Crippen LogP contribution is 2.16. The first-order valence-corrected chi connectivity index (χ1v) is 5.48. The van der Waals surface area contributed by atoms with Crippen molar-refractivity contribution in [1.82, 2.24) is 0 Å². The van der Waals surface area contributed by atoms with Crippen molar-refractivity contribution in [2.24, 2.45) is 0 Å². The highest BCUT2D eigenvalue weighted by molar-refractivity contribution is 5.94. The Morgan fingerprint density at radius 3 is 2.50 bits per heavy atom. The van der Waals surface area contributed by atoms with Crippen LogP contribution in [0.5, 0.6) is 0 Å². The number of carboxylic acid groups (broad SMARTS) is 1. The lowest BCUT2D eigenvalue weighted by atomic mass is 10.1. The number of aromatic carboxylic acids is 1. The maximum Gasteiger partial charge on any atom is 0.337 e.